The monoisotopic (exact) mass is 238 g/mol. The van der Waals surface area contributed by atoms with Gasteiger partial charge >= 0.3 is 0 Å². The highest BCUT2D eigenvalue weighted by Crippen LogP contribution is 2.42. The smallest absolute Gasteiger partial charge is 0.294 e. The van der Waals surface area contributed by atoms with Gasteiger partial charge in [0.05, 0.1) is 0 Å². The van der Waals surface area contributed by atoms with Crippen LogP contribution in [0.2, 0.25) is 0 Å². The lowest BCUT2D eigenvalue weighted by Gasteiger charge is -2.30. The number of ether oxygens (including phenoxy) is 1. The second-order valence-corrected chi connectivity index (χ2v) is 6.35. The van der Waals surface area contributed by atoms with Crippen LogP contribution in [0.4, 0.5) is 0 Å². The third kappa shape index (κ3) is 2.31. The van der Waals surface area contributed by atoms with Crippen LogP contribution >= 0.6 is 0 Å². The van der Waals surface area contributed by atoms with Crippen LogP contribution in [-0.2, 0) is 9.53 Å². The van der Waals surface area contributed by atoms with E-state index in [1.165, 1.54) is 0 Å². The van der Waals surface area contributed by atoms with E-state index >= 15 is 0 Å². The second kappa shape index (κ2) is 4.00. The Bertz CT molecular complexity index is 357. The number of hydrogen-bond acceptors (Lipinski definition) is 3. The van der Waals surface area contributed by atoms with Crippen molar-refractivity contribution in [1.82, 2.24) is 0 Å². The summed E-state index contributed by atoms with van der Waals surface area (Å²) in [4.78, 5) is 15.6. The highest BCUT2D eigenvalue weighted by atomic mass is 16.5. The fourth-order valence-electron chi connectivity index (χ4n) is 2.96. The molecule has 0 radical (unpaired) electrons. The Balaban J connectivity index is 2.09. The van der Waals surface area contributed by atoms with Crippen LogP contribution < -0.4 is 5.73 Å². The molecule has 1 aliphatic heterocycles. The van der Waals surface area contributed by atoms with Crippen molar-refractivity contribution in [1.29, 1.82) is 0 Å². The zero-order valence-corrected chi connectivity index (χ0v) is 11.0. The van der Waals surface area contributed by atoms with E-state index in [1.807, 2.05) is 0 Å². The molecule has 0 saturated heterocycles. The molecule has 1 saturated carbocycles. The summed E-state index contributed by atoms with van der Waals surface area (Å²) in [7, 11) is 0. The fourth-order valence-corrected chi connectivity index (χ4v) is 2.96. The number of carbonyl (C=O) groups is 1. The van der Waals surface area contributed by atoms with Crippen LogP contribution in [0.15, 0.2) is 4.99 Å². The van der Waals surface area contributed by atoms with Crippen molar-refractivity contribution in [3.63, 3.8) is 0 Å². The van der Waals surface area contributed by atoms with Gasteiger partial charge in [-0.1, -0.05) is 20.8 Å². The van der Waals surface area contributed by atoms with Gasteiger partial charge in [0.25, 0.3) is 11.9 Å². The molecule has 4 heteroatoms. The highest BCUT2D eigenvalue weighted by Gasteiger charge is 2.47. The van der Waals surface area contributed by atoms with Crippen molar-refractivity contribution in [2.45, 2.75) is 58.5 Å². The number of aliphatic imine (C=N–C) groups is 1. The van der Waals surface area contributed by atoms with E-state index in [9.17, 15) is 4.79 Å². The normalized spacial score (nSPS) is 34.4. The van der Waals surface area contributed by atoms with Gasteiger partial charge in [-0.15, -0.1) is 0 Å². The number of nitrogens with zero attached hydrogens (tertiary/aromatic N) is 1. The van der Waals surface area contributed by atoms with E-state index in [0.29, 0.717) is 11.3 Å². The van der Waals surface area contributed by atoms with Crippen molar-refractivity contribution in [2.75, 3.05) is 0 Å². The van der Waals surface area contributed by atoms with Gasteiger partial charge < -0.3 is 10.5 Å². The van der Waals surface area contributed by atoms with Gasteiger partial charge in [-0.3, -0.25) is 4.79 Å². The minimum atomic E-state index is -0.732. The number of nitrogens with two attached hydrogens (primary N) is 1. The molecule has 96 valence electrons. The third-order valence-corrected chi connectivity index (χ3v) is 4.16. The van der Waals surface area contributed by atoms with Crippen LogP contribution in [0.25, 0.3) is 0 Å². The maximum atomic E-state index is 11.9. The SMILES string of the molecule is CC(C)(C)C1CCCC2(CC1)OC(N)=NC2=O. The summed E-state index contributed by atoms with van der Waals surface area (Å²) in [5.74, 6) is 0.463. The first-order chi connectivity index (χ1) is 7.83. The molecule has 0 aromatic carbocycles. The second-order valence-electron chi connectivity index (χ2n) is 6.35. The van der Waals surface area contributed by atoms with Gasteiger partial charge in [-0.05, 0) is 43.4 Å². The lowest BCUT2D eigenvalue weighted by molar-refractivity contribution is -0.132. The van der Waals surface area contributed by atoms with Crippen molar-refractivity contribution < 1.29 is 9.53 Å². The molecule has 1 fully saturated rings. The maximum Gasteiger partial charge on any atom is 0.294 e. The van der Waals surface area contributed by atoms with Crippen molar-refractivity contribution >= 4 is 11.9 Å². The van der Waals surface area contributed by atoms with Crippen LogP contribution in [0, 0.1) is 11.3 Å². The summed E-state index contributed by atoms with van der Waals surface area (Å²) in [6, 6.07) is 0.0456. The van der Waals surface area contributed by atoms with Crippen LogP contribution in [-0.4, -0.2) is 17.5 Å². The minimum Gasteiger partial charge on any atom is -0.448 e. The zero-order chi connectivity index (χ0) is 12.7. The Kier molecular flexibility index (Phi) is 2.92. The number of amidine groups is 1. The Morgan fingerprint density at radius 2 is 2.06 bits per heavy atom. The largest absolute Gasteiger partial charge is 0.448 e. The number of amides is 1. The van der Waals surface area contributed by atoms with Gasteiger partial charge in [0.1, 0.15) is 0 Å². The summed E-state index contributed by atoms with van der Waals surface area (Å²) < 4.78 is 5.52. The number of carbonyl (C=O) groups excluding carboxylic acids is 1. The minimum absolute atomic E-state index is 0.0456. The quantitative estimate of drug-likeness (QED) is 0.703. The van der Waals surface area contributed by atoms with E-state index in [2.05, 4.69) is 25.8 Å². The highest BCUT2D eigenvalue weighted by molar-refractivity contribution is 6.00. The van der Waals surface area contributed by atoms with E-state index in [0.717, 1.165) is 32.1 Å². The van der Waals surface area contributed by atoms with Crippen molar-refractivity contribution in [2.24, 2.45) is 22.1 Å². The maximum absolute atomic E-state index is 11.9. The Morgan fingerprint density at radius 1 is 1.35 bits per heavy atom. The molecule has 17 heavy (non-hydrogen) atoms. The molecule has 0 aromatic heterocycles. The molecular weight excluding hydrogens is 216 g/mol. The van der Waals surface area contributed by atoms with Gasteiger partial charge in [-0.25, -0.2) is 0 Å². The molecule has 2 atom stereocenters. The van der Waals surface area contributed by atoms with E-state index in [4.69, 9.17) is 10.5 Å². The molecule has 1 aliphatic carbocycles. The molecule has 0 aromatic rings. The lowest BCUT2D eigenvalue weighted by Crippen LogP contribution is -2.38. The molecule has 1 heterocycles. The zero-order valence-electron chi connectivity index (χ0n) is 11.0. The lowest BCUT2D eigenvalue weighted by atomic mass is 9.76. The molecule has 2 aliphatic rings. The molecule has 2 rings (SSSR count). The summed E-state index contributed by atoms with van der Waals surface area (Å²) in [5.41, 5.74) is 5.07. The molecular formula is C13H22N2O2. The third-order valence-electron chi connectivity index (χ3n) is 4.16. The molecule has 1 amide bonds. The topological polar surface area (TPSA) is 64.7 Å². The summed E-state index contributed by atoms with van der Waals surface area (Å²) >= 11 is 0. The Labute approximate surface area is 103 Å². The first-order valence-corrected chi connectivity index (χ1v) is 6.41. The molecule has 2 unspecified atom stereocenters. The van der Waals surface area contributed by atoms with Gasteiger partial charge in [0.15, 0.2) is 5.60 Å². The van der Waals surface area contributed by atoms with Crippen LogP contribution in [0.5, 0.6) is 0 Å². The summed E-state index contributed by atoms with van der Waals surface area (Å²) in [5, 5.41) is 0. The van der Waals surface area contributed by atoms with Crippen molar-refractivity contribution in [3.8, 4) is 0 Å². The summed E-state index contributed by atoms with van der Waals surface area (Å²) in [6.07, 6.45) is 4.68. The van der Waals surface area contributed by atoms with Gasteiger partial charge in [-0.2, -0.15) is 4.99 Å². The Morgan fingerprint density at radius 3 is 2.59 bits per heavy atom. The first-order valence-electron chi connectivity index (χ1n) is 6.41. The average molecular weight is 238 g/mol. The predicted molar refractivity (Wildman–Crippen MR) is 66.5 cm³/mol. The number of hydrogen-bond donors (Lipinski definition) is 1. The predicted octanol–water partition coefficient (Wildman–Crippen LogP) is 2.22. The van der Waals surface area contributed by atoms with E-state index < -0.39 is 5.60 Å². The van der Waals surface area contributed by atoms with Crippen LogP contribution in [0.3, 0.4) is 0 Å². The average Bonchev–Trinajstić information content (AvgIpc) is 2.37. The molecule has 0 bridgehead atoms. The molecule has 2 N–H and O–H groups in total. The number of rotatable bonds is 0. The fraction of sp³-hybridized carbons (Fsp3) is 0.846. The Hall–Kier alpha value is -1.06. The summed E-state index contributed by atoms with van der Waals surface area (Å²) in [6.45, 7) is 6.79. The molecule has 4 nitrogen and oxygen atoms in total. The van der Waals surface area contributed by atoms with Gasteiger partial charge in [0.2, 0.25) is 0 Å². The van der Waals surface area contributed by atoms with E-state index in [1.54, 1.807) is 0 Å². The first kappa shape index (κ1) is 12.4. The molecule has 1 spiro atoms. The van der Waals surface area contributed by atoms with Crippen LogP contribution in [0.1, 0.15) is 52.9 Å². The standard InChI is InChI=1S/C13H22N2O2/c1-12(2,3)9-5-4-7-13(8-6-9)10(16)15-11(14)17-13/h9H,4-8H2,1-3H3,(H2,14,15,16). The van der Waals surface area contributed by atoms with Gasteiger partial charge in [0, 0.05) is 0 Å². The van der Waals surface area contributed by atoms with E-state index in [-0.39, 0.29) is 11.9 Å². The van der Waals surface area contributed by atoms with Crippen molar-refractivity contribution in [3.05, 3.63) is 0 Å².